The van der Waals surface area contributed by atoms with E-state index in [1.807, 2.05) is 12.1 Å². The van der Waals surface area contributed by atoms with Crippen LogP contribution in [0.4, 0.5) is 0 Å². The van der Waals surface area contributed by atoms with E-state index >= 15 is 0 Å². The predicted octanol–water partition coefficient (Wildman–Crippen LogP) is 2.01. The Morgan fingerprint density at radius 1 is 1.02 bits per heavy atom. The summed E-state index contributed by atoms with van der Waals surface area (Å²) in [5, 5.41) is 22.7. The summed E-state index contributed by atoms with van der Waals surface area (Å²) in [6.45, 7) is 7.40. The number of benzene rings is 2. The molecular weight excluding hydrogens is 574 g/mol. The minimum atomic E-state index is -2.73. The number of piperidine rings is 1. The molecule has 1 saturated heterocycles. The number of primary amides is 1. The largest absolute Gasteiger partial charge is 0.507 e. The highest BCUT2D eigenvalue weighted by atomic mass is 16.3. The average molecular weight is 616 g/mol. The van der Waals surface area contributed by atoms with Gasteiger partial charge < -0.3 is 15.9 Å². The summed E-state index contributed by atoms with van der Waals surface area (Å²) in [5.74, 6) is -9.20. The normalized spacial score (nSPS) is 33.5. The Hall–Kier alpha value is -3.73. The van der Waals surface area contributed by atoms with E-state index in [1.54, 1.807) is 20.2 Å². The van der Waals surface area contributed by atoms with Crippen LogP contribution in [-0.4, -0.2) is 87.9 Å². The second-order valence-corrected chi connectivity index (χ2v) is 14.1. The standard InChI is InChI=1S/C35H41N3O7/c1-17-10-18(2)15-38(14-17)16-19-6-5-7-20(11-19)22-8-9-25(39)27-23(22)12-21-13-24-29(37(3)4)31(41)28(34(36)44)33(43)35(24,45)32(42)26(21)30(27)40/h5-9,11,17-18,21,24,26,28-29,39,45H,10,12-16H2,1-4H3,(H2,36,44)/t17?,18?,21-,24-,26?,28?,29-,35-/m0/s1. The van der Waals surface area contributed by atoms with Gasteiger partial charge in [0.25, 0.3) is 0 Å². The number of phenolic OH excluding ortho intramolecular Hbond substituents is 1. The Morgan fingerprint density at radius 3 is 2.36 bits per heavy atom. The van der Waals surface area contributed by atoms with Gasteiger partial charge in [0.15, 0.2) is 34.7 Å². The molecule has 3 fully saturated rings. The second kappa shape index (κ2) is 11.3. The lowest BCUT2D eigenvalue weighted by Gasteiger charge is -2.52. The molecule has 3 aliphatic carbocycles. The fourth-order valence-corrected chi connectivity index (χ4v) is 8.89. The minimum Gasteiger partial charge on any atom is -0.507 e. The first-order chi connectivity index (χ1) is 21.2. The number of phenols is 1. The molecule has 2 aromatic rings. The lowest BCUT2D eigenvalue weighted by molar-refractivity contribution is -0.181. The van der Waals surface area contributed by atoms with Crippen molar-refractivity contribution < 1.29 is 34.2 Å². The topological polar surface area (TPSA) is 158 Å². The first-order valence-corrected chi connectivity index (χ1v) is 15.7. The van der Waals surface area contributed by atoms with Crippen LogP contribution < -0.4 is 5.73 Å². The SMILES string of the molecule is CC1CC(C)CN(Cc2cccc(-c3ccc(O)c4c3C[C@H]3C[C@H]5[C@H](N(C)C)C(=O)C(C(N)=O)C(=O)[C@@]5(O)C(=O)C3C4=O)c2)C1. The maximum Gasteiger partial charge on any atom is 0.235 e. The van der Waals surface area contributed by atoms with Crippen LogP contribution in [0.1, 0.15) is 48.2 Å². The molecule has 2 saturated carbocycles. The molecule has 0 aromatic heterocycles. The molecule has 1 amide bonds. The van der Waals surface area contributed by atoms with Crippen molar-refractivity contribution in [1.82, 2.24) is 9.80 Å². The Morgan fingerprint density at radius 2 is 1.71 bits per heavy atom. The molecule has 4 aliphatic rings. The zero-order chi connectivity index (χ0) is 32.5. The third kappa shape index (κ3) is 4.94. The number of likely N-dealkylation sites (tertiary alicyclic amines) is 1. The van der Waals surface area contributed by atoms with Crippen LogP contribution in [0.3, 0.4) is 0 Å². The van der Waals surface area contributed by atoms with Gasteiger partial charge in [-0.1, -0.05) is 38.1 Å². The number of aromatic hydroxyl groups is 1. The molecule has 0 radical (unpaired) electrons. The number of hydrogen-bond donors (Lipinski definition) is 3. The fraction of sp³-hybridized carbons (Fsp3) is 0.514. The van der Waals surface area contributed by atoms with Crippen molar-refractivity contribution in [2.75, 3.05) is 27.2 Å². The molecule has 10 heteroatoms. The van der Waals surface area contributed by atoms with E-state index < -0.39 is 64.4 Å². The number of rotatable bonds is 5. The van der Waals surface area contributed by atoms with E-state index in [4.69, 9.17) is 5.73 Å². The van der Waals surface area contributed by atoms with Gasteiger partial charge in [0, 0.05) is 25.6 Å². The number of hydrogen-bond acceptors (Lipinski definition) is 9. The van der Waals surface area contributed by atoms with E-state index in [2.05, 4.69) is 30.9 Å². The van der Waals surface area contributed by atoms with Crippen molar-refractivity contribution in [1.29, 1.82) is 0 Å². The van der Waals surface area contributed by atoms with E-state index in [0.717, 1.165) is 36.3 Å². The van der Waals surface area contributed by atoms with Crippen LogP contribution in [0.5, 0.6) is 5.75 Å². The van der Waals surface area contributed by atoms with Crippen molar-refractivity contribution in [2.24, 2.45) is 41.2 Å². The second-order valence-electron chi connectivity index (χ2n) is 14.1. The summed E-state index contributed by atoms with van der Waals surface area (Å²) in [5.41, 5.74) is 6.04. The highest BCUT2D eigenvalue weighted by molar-refractivity contribution is 6.32. The van der Waals surface area contributed by atoms with Crippen LogP contribution in [0.2, 0.25) is 0 Å². The van der Waals surface area contributed by atoms with Crippen LogP contribution >= 0.6 is 0 Å². The van der Waals surface area contributed by atoms with Crippen molar-refractivity contribution in [3.63, 3.8) is 0 Å². The minimum absolute atomic E-state index is 0.00294. The van der Waals surface area contributed by atoms with Crippen molar-refractivity contribution in [2.45, 2.75) is 51.3 Å². The third-order valence-corrected chi connectivity index (χ3v) is 10.5. The number of carbonyl (C=O) groups excluding carboxylic acids is 5. The number of nitrogens with zero attached hydrogens (tertiary/aromatic N) is 2. The number of ketones is 4. The molecule has 238 valence electrons. The van der Waals surface area contributed by atoms with Gasteiger partial charge in [-0.25, -0.2) is 0 Å². The lowest BCUT2D eigenvalue weighted by Crippen LogP contribution is -2.74. The quantitative estimate of drug-likeness (QED) is 0.428. The highest BCUT2D eigenvalue weighted by Gasteiger charge is 2.69. The molecule has 6 rings (SSSR count). The van der Waals surface area contributed by atoms with E-state index in [0.29, 0.717) is 17.4 Å². The molecule has 8 atom stereocenters. The average Bonchev–Trinajstić information content (AvgIpc) is 2.94. The molecule has 4 unspecified atom stereocenters. The Bertz CT molecular complexity index is 1610. The molecule has 45 heavy (non-hydrogen) atoms. The summed E-state index contributed by atoms with van der Waals surface area (Å²) >= 11 is 0. The number of likely N-dealkylation sites (N-methyl/N-ethyl adjacent to an activating group) is 1. The number of nitrogens with two attached hydrogens (primary N) is 1. The zero-order valence-electron chi connectivity index (χ0n) is 26.2. The first-order valence-electron chi connectivity index (χ1n) is 15.7. The molecule has 2 aromatic carbocycles. The molecular formula is C35H41N3O7. The van der Waals surface area contributed by atoms with Crippen LogP contribution in [0.25, 0.3) is 11.1 Å². The highest BCUT2D eigenvalue weighted by Crippen LogP contribution is 2.51. The molecule has 10 nitrogen and oxygen atoms in total. The van der Waals surface area contributed by atoms with Gasteiger partial charge in [-0.2, -0.15) is 0 Å². The van der Waals surface area contributed by atoms with Crippen LogP contribution in [0, 0.1) is 35.5 Å². The number of amides is 1. The predicted molar refractivity (Wildman–Crippen MR) is 165 cm³/mol. The monoisotopic (exact) mass is 615 g/mol. The number of aliphatic hydroxyl groups is 1. The number of carbonyl (C=O) groups is 5. The smallest absolute Gasteiger partial charge is 0.235 e. The summed E-state index contributed by atoms with van der Waals surface area (Å²) in [6, 6.07) is 10.2. The number of Topliss-reactive ketones (excluding diaryl/α,β-unsaturated/α-hetero) is 4. The molecule has 1 heterocycles. The lowest BCUT2D eigenvalue weighted by atomic mass is 9.52. The Labute approximate surface area is 262 Å². The van der Waals surface area contributed by atoms with Gasteiger partial charge in [-0.15, -0.1) is 0 Å². The van der Waals surface area contributed by atoms with Gasteiger partial charge in [0.2, 0.25) is 5.91 Å². The van der Waals surface area contributed by atoms with Crippen molar-refractivity contribution >= 4 is 29.0 Å². The summed E-state index contributed by atoms with van der Waals surface area (Å²) < 4.78 is 0. The van der Waals surface area contributed by atoms with Gasteiger partial charge in [0.1, 0.15) is 5.75 Å². The van der Waals surface area contributed by atoms with Gasteiger partial charge in [0.05, 0.1) is 17.5 Å². The van der Waals surface area contributed by atoms with Crippen molar-refractivity contribution in [3.8, 4) is 16.9 Å². The first kappa shape index (κ1) is 31.3. The maximum absolute atomic E-state index is 14.1. The van der Waals surface area contributed by atoms with Crippen molar-refractivity contribution in [3.05, 3.63) is 53.1 Å². The third-order valence-electron chi connectivity index (χ3n) is 10.5. The Kier molecular flexibility index (Phi) is 7.82. The van der Waals surface area contributed by atoms with E-state index in [1.165, 1.54) is 17.4 Å². The van der Waals surface area contributed by atoms with Crippen LogP contribution in [-0.2, 0) is 32.1 Å². The summed E-state index contributed by atoms with van der Waals surface area (Å²) in [6.07, 6.45) is 1.46. The molecule has 4 N–H and O–H groups in total. The van der Waals surface area contributed by atoms with Crippen LogP contribution in [0.15, 0.2) is 36.4 Å². The summed E-state index contributed by atoms with van der Waals surface area (Å²) in [7, 11) is 3.14. The summed E-state index contributed by atoms with van der Waals surface area (Å²) in [4.78, 5) is 71.1. The Balaban J connectivity index is 1.39. The van der Waals surface area contributed by atoms with Gasteiger partial charge >= 0.3 is 0 Å². The molecule has 0 bridgehead atoms. The van der Waals surface area contributed by atoms with E-state index in [9.17, 15) is 34.2 Å². The zero-order valence-corrected chi connectivity index (χ0v) is 26.2. The fourth-order valence-electron chi connectivity index (χ4n) is 8.89. The number of fused-ring (bicyclic) bond motifs is 3. The maximum atomic E-state index is 14.1. The van der Waals surface area contributed by atoms with E-state index in [-0.39, 0.29) is 24.2 Å². The van der Waals surface area contributed by atoms with Gasteiger partial charge in [-0.3, -0.25) is 33.8 Å². The molecule has 1 aliphatic heterocycles. The molecule has 0 spiro atoms. The van der Waals surface area contributed by atoms with Gasteiger partial charge in [-0.05, 0) is 85.5 Å².